The van der Waals surface area contributed by atoms with Crippen molar-refractivity contribution in [1.29, 1.82) is 0 Å². The van der Waals surface area contributed by atoms with Crippen LogP contribution in [0, 0.1) is 0 Å². The Balaban J connectivity index is 2.78. The van der Waals surface area contributed by atoms with Gasteiger partial charge in [-0.2, -0.15) is 0 Å². The number of pyridine rings is 1. The van der Waals surface area contributed by atoms with E-state index in [4.69, 9.17) is 15.2 Å². The monoisotopic (exact) mass is 182 g/mol. The molecule has 2 N–H and O–H groups in total. The van der Waals surface area contributed by atoms with Crippen molar-refractivity contribution in [2.24, 2.45) is 0 Å². The van der Waals surface area contributed by atoms with E-state index in [1.54, 1.807) is 26.4 Å². The minimum atomic E-state index is 0.584. The van der Waals surface area contributed by atoms with Gasteiger partial charge in [0.2, 0.25) is 5.88 Å². The number of ether oxygens (including phenoxy) is 2. The van der Waals surface area contributed by atoms with Gasteiger partial charge in [0.25, 0.3) is 0 Å². The smallest absolute Gasteiger partial charge is 0.213 e. The molecule has 0 aliphatic heterocycles. The molecule has 4 heteroatoms. The van der Waals surface area contributed by atoms with Crippen molar-refractivity contribution in [1.82, 2.24) is 4.98 Å². The molecule has 4 nitrogen and oxygen atoms in total. The Labute approximate surface area is 77.7 Å². The summed E-state index contributed by atoms with van der Waals surface area (Å²) in [5, 5.41) is 0. The molecule has 0 unspecified atom stereocenters. The van der Waals surface area contributed by atoms with Crippen molar-refractivity contribution in [3.8, 4) is 5.88 Å². The highest BCUT2D eigenvalue weighted by Gasteiger charge is 2.02. The minimum Gasteiger partial charge on any atom is -0.481 e. The first-order valence-corrected chi connectivity index (χ1v) is 4.06. The summed E-state index contributed by atoms with van der Waals surface area (Å²) in [5.74, 6) is 0.584. The van der Waals surface area contributed by atoms with Crippen molar-refractivity contribution in [3.05, 3.63) is 17.8 Å². The molecule has 0 bridgehead atoms. The number of nitrogens with zero attached hydrogens (tertiary/aromatic N) is 1. The van der Waals surface area contributed by atoms with Crippen LogP contribution < -0.4 is 10.5 Å². The van der Waals surface area contributed by atoms with Gasteiger partial charge in [0.15, 0.2) is 0 Å². The summed E-state index contributed by atoms with van der Waals surface area (Å²) in [7, 11) is 3.23. The Kier molecular flexibility index (Phi) is 3.52. The molecular weight excluding hydrogens is 168 g/mol. The van der Waals surface area contributed by atoms with Gasteiger partial charge >= 0.3 is 0 Å². The van der Waals surface area contributed by atoms with Gasteiger partial charge < -0.3 is 15.2 Å². The van der Waals surface area contributed by atoms with Gasteiger partial charge in [-0.25, -0.2) is 4.98 Å². The Bertz CT molecular complexity index is 276. The summed E-state index contributed by atoms with van der Waals surface area (Å²) in [4.78, 5) is 4.20. The SMILES string of the molecule is COCCc1nc(OC)ccc1N. The molecule has 0 saturated carbocycles. The molecule has 1 aromatic heterocycles. The molecule has 1 rings (SSSR count). The van der Waals surface area contributed by atoms with Crippen molar-refractivity contribution in [2.75, 3.05) is 26.6 Å². The first kappa shape index (κ1) is 9.80. The van der Waals surface area contributed by atoms with E-state index in [2.05, 4.69) is 4.98 Å². The van der Waals surface area contributed by atoms with Crippen LogP contribution in [0.3, 0.4) is 0 Å². The molecule has 0 saturated heterocycles. The number of rotatable bonds is 4. The van der Waals surface area contributed by atoms with Gasteiger partial charge in [0, 0.05) is 19.6 Å². The molecule has 0 atom stereocenters. The highest BCUT2D eigenvalue weighted by atomic mass is 16.5. The average Bonchev–Trinajstić information content (AvgIpc) is 2.17. The van der Waals surface area contributed by atoms with Crippen LogP contribution in [0.5, 0.6) is 5.88 Å². The molecular formula is C9H14N2O2. The molecule has 0 aliphatic rings. The Morgan fingerprint density at radius 2 is 2.15 bits per heavy atom. The lowest BCUT2D eigenvalue weighted by molar-refractivity contribution is 0.201. The predicted octanol–water partition coefficient (Wildman–Crippen LogP) is 0.861. The highest BCUT2D eigenvalue weighted by Crippen LogP contribution is 2.14. The first-order chi connectivity index (χ1) is 6.27. The number of aromatic nitrogens is 1. The fourth-order valence-corrected chi connectivity index (χ4v) is 1.00. The van der Waals surface area contributed by atoms with E-state index >= 15 is 0 Å². The zero-order valence-corrected chi connectivity index (χ0v) is 7.91. The van der Waals surface area contributed by atoms with Crippen LogP contribution >= 0.6 is 0 Å². The summed E-state index contributed by atoms with van der Waals surface area (Å²) in [6.07, 6.45) is 0.708. The van der Waals surface area contributed by atoms with Crippen molar-refractivity contribution < 1.29 is 9.47 Å². The summed E-state index contributed by atoms with van der Waals surface area (Å²) < 4.78 is 9.92. The van der Waals surface area contributed by atoms with Gasteiger partial charge in [0.1, 0.15) is 0 Å². The molecule has 72 valence electrons. The van der Waals surface area contributed by atoms with Crippen LogP contribution in [-0.2, 0) is 11.2 Å². The normalized spacial score (nSPS) is 10.0. The van der Waals surface area contributed by atoms with Gasteiger partial charge in [-0.3, -0.25) is 0 Å². The highest BCUT2D eigenvalue weighted by molar-refractivity contribution is 5.44. The standard InChI is InChI=1S/C9H14N2O2/c1-12-6-5-8-7(10)3-4-9(11-8)13-2/h3-4H,5-6,10H2,1-2H3. The lowest BCUT2D eigenvalue weighted by Crippen LogP contribution is -2.03. The maximum Gasteiger partial charge on any atom is 0.213 e. The Hall–Kier alpha value is -1.29. The van der Waals surface area contributed by atoms with E-state index in [1.165, 1.54) is 0 Å². The fraction of sp³-hybridized carbons (Fsp3) is 0.444. The van der Waals surface area contributed by atoms with Crippen LogP contribution in [0.1, 0.15) is 5.69 Å². The zero-order valence-electron chi connectivity index (χ0n) is 7.91. The van der Waals surface area contributed by atoms with E-state index in [0.717, 1.165) is 5.69 Å². The quantitative estimate of drug-likeness (QED) is 0.750. The maximum absolute atomic E-state index is 5.71. The molecule has 0 amide bonds. The van der Waals surface area contributed by atoms with E-state index in [9.17, 15) is 0 Å². The summed E-state index contributed by atoms with van der Waals surface area (Å²) in [6, 6.07) is 3.53. The van der Waals surface area contributed by atoms with E-state index in [-0.39, 0.29) is 0 Å². The second kappa shape index (κ2) is 4.67. The second-order valence-corrected chi connectivity index (χ2v) is 2.63. The van der Waals surface area contributed by atoms with Crippen LogP contribution in [0.15, 0.2) is 12.1 Å². The summed E-state index contributed by atoms with van der Waals surface area (Å²) in [6.45, 7) is 0.615. The number of hydrogen-bond donors (Lipinski definition) is 1. The topological polar surface area (TPSA) is 57.4 Å². The van der Waals surface area contributed by atoms with E-state index in [1.807, 2.05) is 0 Å². The Morgan fingerprint density at radius 3 is 2.77 bits per heavy atom. The molecule has 0 aromatic carbocycles. The molecule has 0 radical (unpaired) electrons. The zero-order chi connectivity index (χ0) is 9.68. The number of nitrogens with two attached hydrogens (primary N) is 1. The predicted molar refractivity (Wildman–Crippen MR) is 50.8 cm³/mol. The fourth-order valence-electron chi connectivity index (χ4n) is 1.00. The molecule has 1 aromatic rings. The number of hydrogen-bond acceptors (Lipinski definition) is 4. The first-order valence-electron chi connectivity index (χ1n) is 4.06. The second-order valence-electron chi connectivity index (χ2n) is 2.63. The van der Waals surface area contributed by atoms with Crippen LogP contribution in [0.25, 0.3) is 0 Å². The van der Waals surface area contributed by atoms with Gasteiger partial charge in [-0.1, -0.05) is 0 Å². The van der Waals surface area contributed by atoms with Crippen LogP contribution in [0.2, 0.25) is 0 Å². The van der Waals surface area contributed by atoms with Crippen molar-refractivity contribution >= 4 is 5.69 Å². The summed E-state index contributed by atoms with van der Waals surface area (Å²) >= 11 is 0. The van der Waals surface area contributed by atoms with Crippen LogP contribution in [0.4, 0.5) is 5.69 Å². The van der Waals surface area contributed by atoms with Gasteiger partial charge in [0.05, 0.1) is 25.1 Å². The van der Waals surface area contributed by atoms with Crippen LogP contribution in [-0.4, -0.2) is 25.8 Å². The van der Waals surface area contributed by atoms with Gasteiger partial charge in [-0.05, 0) is 6.07 Å². The summed E-state index contributed by atoms with van der Waals surface area (Å²) in [5.41, 5.74) is 7.21. The minimum absolute atomic E-state index is 0.584. The lowest BCUT2D eigenvalue weighted by Gasteiger charge is -2.05. The van der Waals surface area contributed by atoms with E-state index < -0.39 is 0 Å². The molecule has 13 heavy (non-hydrogen) atoms. The molecule has 1 heterocycles. The van der Waals surface area contributed by atoms with Gasteiger partial charge in [-0.15, -0.1) is 0 Å². The Morgan fingerprint density at radius 1 is 1.38 bits per heavy atom. The van der Waals surface area contributed by atoms with Crippen molar-refractivity contribution in [2.45, 2.75) is 6.42 Å². The largest absolute Gasteiger partial charge is 0.481 e. The average molecular weight is 182 g/mol. The third kappa shape index (κ3) is 2.59. The molecule has 0 fully saturated rings. The number of nitrogen functional groups attached to an aromatic ring is 1. The van der Waals surface area contributed by atoms with E-state index in [0.29, 0.717) is 24.6 Å². The number of methoxy groups -OCH3 is 2. The number of anilines is 1. The third-order valence-corrected chi connectivity index (χ3v) is 1.74. The lowest BCUT2D eigenvalue weighted by atomic mass is 10.2. The molecule has 0 spiro atoms. The van der Waals surface area contributed by atoms with Crippen molar-refractivity contribution in [3.63, 3.8) is 0 Å². The third-order valence-electron chi connectivity index (χ3n) is 1.74. The molecule has 0 aliphatic carbocycles. The maximum atomic E-state index is 5.71.